The van der Waals surface area contributed by atoms with Gasteiger partial charge in [-0.25, -0.2) is 0 Å². The number of halogens is 1. The Hall–Kier alpha value is -2.86. The smallest absolute Gasteiger partial charge is 0.261 e. The molecule has 2 atom stereocenters. The first-order chi connectivity index (χ1) is 16.4. The standard InChI is InChI=1S/C28H33BrN2O3/c1-4-20(3)30-28(33)24(5-2)31(18-17-21-11-7-6-8-12-21)26(32)19-34-25-16-15-22-13-9-10-14-23(22)27(25)29/h6-16,20,24H,4-5,17-19H2,1-3H3,(H,30,33)/t20-,24-/m1/s1. The fourth-order valence-corrected chi connectivity index (χ4v) is 4.49. The topological polar surface area (TPSA) is 58.6 Å². The van der Waals surface area contributed by atoms with Crippen LogP contribution in [0.2, 0.25) is 0 Å². The molecule has 0 unspecified atom stereocenters. The lowest BCUT2D eigenvalue weighted by atomic mass is 10.1. The maximum atomic E-state index is 13.4. The summed E-state index contributed by atoms with van der Waals surface area (Å²) in [6.45, 7) is 6.24. The Morgan fingerprint density at radius 3 is 2.38 bits per heavy atom. The number of benzene rings is 3. The van der Waals surface area contributed by atoms with Gasteiger partial charge in [-0.05, 0) is 64.5 Å². The van der Waals surface area contributed by atoms with E-state index in [2.05, 4.69) is 21.2 Å². The molecule has 3 aromatic carbocycles. The molecule has 0 saturated carbocycles. The normalized spacial score (nSPS) is 12.7. The van der Waals surface area contributed by atoms with Gasteiger partial charge in [0.05, 0.1) is 4.47 Å². The van der Waals surface area contributed by atoms with Crippen LogP contribution in [-0.2, 0) is 16.0 Å². The van der Waals surface area contributed by atoms with E-state index in [0.29, 0.717) is 25.1 Å². The SMILES string of the molecule is CC[C@@H](C)NC(=O)[C@@H](CC)N(CCc1ccccc1)C(=O)COc1ccc2ccccc2c1Br. The van der Waals surface area contributed by atoms with Gasteiger partial charge in [-0.15, -0.1) is 0 Å². The number of amides is 2. The molecule has 180 valence electrons. The predicted octanol–water partition coefficient (Wildman–Crippen LogP) is 5.75. The van der Waals surface area contributed by atoms with Gasteiger partial charge in [0.15, 0.2) is 6.61 Å². The van der Waals surface area contributed by atoms with Crippen LogP contribution in [0, 0.1) is 0 Å². The van der Waals surface area contributed by atoms with Crippen molar-refractivity contribution in [2.24, 2.45) is 0 Å². The van der Waals surface area contributed by atoms with E-state index in [1.54, 1.807) is 4.90 Å². The van der Waals surface area contributed by atoms with E-state index < -0.39 is 6.04 Å². The third-order valence-corrected chi connectivity index (χ3v) is 6.87. The van der Waals surface area contributed by atoms with Gasteiger partial charge < -0.3 is 15.0 Å². The number of carbonyl (C=O) groups excluding carboxylic acids is 2. The average Bonchev–Trinajstić information content (AvgIpc) is 2.86. The van der Waals surface area contributed by atoms with Gasteiger partial charge in [0.2, 0.25) is 5.91 Å². The monoisotopic (exact) mass is 524 g/mol. The molecule has 0 aliphatic rings. The first kappa shape index (κ1) is 25.8. The summed E-state index contributed by atoms with van der Waals surface area (Å²) in [6, 6.07) is 21.3. The molecule has 0 saturated heterocycles. The number of carbonyl (C=O) groups is 2. The van der Waals surface area contributed by atoms with E-state index in [9.17, 15) is 9.59 Å². The molecule has 0 aliphatic heterocycles. The van der Waals surface area contributed by atoms with Crippen molar-refractivity contribution in [1.82, 2.24) is 10.2 Å². The third kappa shape index (κ3) is 6.60. The largest absolute Gasteiger partial charge is 0.483 e. The zero-order chi connectivity index (χ0) is 24.5. The maximum absolute atomic E-state index is 13.4. The van der Waals surface area contributed by atoms with E-state index >= 15 is 0 Å². The summed E-state index contributed by atoms with van der Waals surface area (Å²) < 4.78 is 6.76. The minimum Gasteiger partial charge on any atom is -0.483 e. The second kappa shape index (κ2) is 12.6. The molecule has 0 fully saturated rings. The number of hydrogen-bond donors (Lipinski definition) is 1. The van der Waals surface area contributed by atoms with Gasteiger partial charge in [0.1, 0.15) is 11.8 Å². The van der Waals surface area contributed by atoms with E-state index in [0.717, 1.165) is 27.2 Å². The lowest BCUT2D eigenvalue weighted by molar-refractivity contribution is -0.142. The van der Waals surface area contributed by atoms with Crippen molar-refractivity contribution in [2.75, 3.05) is 13.2 Å². The fraction of sp³-hybridized carbons (Fsp3) is 0.357. The Balaban J connectivity index is 1.77. The first-order valence-corrected chi connectivity index (χ1v) is 12.7. The van der Waals surface area contributed by atoms with Crippen molar-refractivity contribution < 1.29 is 14.3 Å². The molecule has 1 N–H and O–H groups in total. The Kier molecular flexibility index (Phi) is 9.52. The molecule has 5 nitrogen and oxygen atoms in total. The summed E-state index contributed by atoms with van der Waals surface area (Å²) in [7, 11) is 0. The minimum absolute atomic E-state index is 0.0532. The number of nitrogens with one attached hydrogen (secondary N) is 1. The predicted molar refractivity (Wildman–Crippen MR) is 141 cm³/mol. The molecule has 3 rings (SSSR count). The van der Waals surface area contributed by atoms with Crippen molar-refractivity contribution in [1.29, 1.82) is 0 Å². The molecule has 0 aliphatic carbocycles. The maximum Gasteiger partial charge on any atom is 0.261 e. The van der Waals surface area contributed by atoms with Gasteiger partial charge in [0.25, 0.3) is 5.91 Å². The van der Waals surface area contributed by atoms with E-state index in [-0.39, 0.29) is 24.5 Å². The summed E-state index contributed by atoms with van der Waals surface area (Å²) in [4.78, 5) is 28.1. The van der Waals surface area contributed by atoms with Crippen molar-refractivity contribution in [3.63, 3.8) is 0 Å². The summed E-state index contributed by atoms with van der Waals surface area (Å²) in [5, 5.41) is 5.15. The Morgan fingerprint density at radius 1 is 0.971 bits per heavy atom. The van der Waals surface area contributed by atoms with Crippen LogP contribution in [0.1, 0.15) is 39.2 Å². The highest BCUT2D eigenvalue weighted by atomic mass is 79.9. The van der Waals surface area contributed by atoms with Crippen LogP contribution >= 0.6 is 15.9 Å². The number of rotatable bonds is 11. The zero-order valence-corrected chi connectivity index (χ0v) is 21.7. The lowest BCUT2D eigenvalue weighted by Crippen LogP contribution is -2.52. The molecular weight excluding hydrogens is 492 g/mol. The van der Waals surface area contributed by atoms with Crippen LogP contribution in [0.25, 0.3) is 10.8 Å². The highest BCUT2D eigenvalue weighted by Gasteiger charge is 2.29. The summed E-state index contributed by atoms with van der Waals surface area (Å²) in [5.74, 6) is 0.277. The van der Waals surface area contributed by atoms with Crippen molar-refractivity contribution in [3.8, 4) is 5.75 Å². The Labute approximate surface area is 210 Å². The van der Waals surface area contributed by atoms with Crippen LogP contribution in [0.4, 0.5) is 0 Å². The second-order valence-electron chi connectivity index (χ2n) is 8.45. The summed E-state index contributed by atoms with van der Waals surface area (Å²) in [6.07, 6.45) is 2.03. The fourth-order valence-electron chi connectivity index (χ4n) is 3.88. The molecule has 2 amide bonds. The van der Waals surface area contributed by atoms with Gasteiger partial charge in [-0.1, -0.05) is 74.5 Å². The summed E-state index contributed by atoms with van der Waals surface area (Å²) in [5.41, 5.74) is 1.12. The number of fused-ring (bicyclic) bond motifs is 1. The molecule has 0 bridgehead atoms. The van der Waals surface area contributed by atoms with E-state index in [1.807, 2.05) is 87.5 Å². The quantitative estimate of drug-likeness (QED) is 0.347. The third-order valence-electron chi connectivity index (χ3n) is 6.05. The first-order valence-electron chi connectivity index (χ1n) is 11.9. The van der Waals surface area contributed by atoms with Crippen LogP contribution in [-0.4, -0.2) is 41.9 Å². The number of nitrogens with zero attached hydrogens (tertiary/aromatic N) is 1. The molecule has 3 aromatic rings. The van der Waals surface area contributed by atoms with Crippen molar-refractivity contribution >= 4 is 38.5 Å². The van der Waals surface area contributed by atoms with Crippen molar-refractivity contribution in [2.45, 2.75) is 52.1 Å². The van der Waals surface area contributed by atoms with Gasteiger partial charge in [-0.2, -0.15) is 0 Å². The van der Waals surface area contributed by atoms with Gasteiger partial charge >= 0.3 is 0 Å². The Bertz CT molecular complexity index is 1100. The second-order valence-corrected chi connectivity index (χ2v) is 9.25. The lowest BCUT2D eigenvalue weighted by Gasteiger charge is -2.31. The molecule has 6 heteroatoms. The van der Waals surface area contributed by atoms with E-state index in [1.165, 1.54) is 0 Å². The highest BCUT2D eigenvalue weighted by Crippen LogP contribution is 2.33. The van der Waals surface area contributed by atoms with Gasteiger partial charge in [0, 0.05) is 12.6 Å². The highest BCUT2D eigenvalue weighted by molar-refractivity contribution is 9.10. The van der Waals surface area contributed by atoms with E-state index in [4.69, 9.17) is 4.74 Å². The van der Waals surface area contributed by atoms with Gasteiger partial charge in [-0.3, -0.25) is 9.59 Å². The average molecular weight is 525 g/mol. The van der Waals surface area contributed by atoms with Crippen molar-refractivity contribution in [3.05, 3.63) is 76.8 Å². The minimum atomic E-state index is -0.547. The molecule has 0 heterocycles. The van der Waals surface area contributed by atoms with Crippen LogP contribution in [0.5, 0.6) is 5.75 Å². The van der Waals surface area contributed by atoms with Crippen LogP contribution in [0.3, 0.4) is 0 Å². The molecule has 34 heavy (non-hydrogen) atoms. The Morgan fingerprint density at radius 2 is 1.68 bits per heavy atom. The number of hydrogen-bond acceptors (Lipinski definition) is 3. The molecule has 0 radical (unpaired) electrons. The van der Waals surface area contributed by atoms with Crippen LogP contribution in [0.15, 0.2) is 71.2 Å². The molecular formula is C28H33BrN2O3. The molecule has 0 aromatic heterocycles. The molecule has 0 spiro atoms. The number of ether oxygens (including phenoxy) is 1. The van der Waals surface area contributed by atoms with Crippen LogP contribution < -0.4 is 10.1 Å². The summed E-state index contributed by atoms with van der Waals surface area (Å²) >= 11 is 3.62. The zero-order valence-electron chi connectivity index (χ0n) is 20.1.